The molecule has 0 saturated carbocycles. The number of hydrogen-bond acceptors (Lipinski definition) is 4. The first-order valence-corrected chi connectivity index (χ1v) is 6.96. The van der Waals surface area contributed by atoms with E-state index in [-0.39, 0.29) is 12.4 Å². The van der Waals surface area contributed by atoms with Gasteiger partial charge >= 0.3 is 0 Å². The maximum atomic E-state index is 9.16. The van der Waals surface area contributed by atoms with Crippen molar-refractivity contribution in [3.63, 3.8) is 0 Å². The topological polar surface area (TPSA) is 82.6 Å². The number of nitrogens with one attached hydrogen (secondary N) is 1. The Kier molecular flexibility index (Phi) is 7.04. The fourth-order valence-corrected chi connectivity index (χ4v) is 2.10. The minimum absolute atomic E-state index is 0.0520. The zero-order chi connectivity index (χ0) is 15.0. The van der Waals surface area contributed by atoms with Crippen molar-refractivity contribution in [2.75, 3.05) is 26.8 Å². The highest BCUT2D eigenvalue weighted by Crippen LogP contribution is 2.21. The Labute approximate surface area is 120 Å². The molecule has 112 valence electrons. The van der Waals surface area contributed by atoms with Gasteiger partial charge in [0.1, 0.15) is 11.6 Å². The van der Waals surface area contributed by atoms with Crippen molar-refractivity contribution in [2.24, 2.45) is 5.73 Å². The molecule has 4 N–H and O–H groups in total. The number of hydrogen-bond donors (Lipinski definition) is 3. The zero-order valence-corrected chi connectivity index (χ0v) is 12.4. The summed E-state index contributed by atoms with van der Waals surface area (Å²) in [5, 5.41) is 16.7. The smallest absolute Gasteiger partial charge is 0.123 e. The Morgan fingerprint density at radius 2 is 2.15 bits per heavy atom. The summed E-state index contributed by atoms with van der Waals surface area (Å²) in [6.45, 7) is 4.54. The quantitative estimate of drug-likeness (QED) is 0.473. The van der Waals surface area contributed by atoms with Gasteiger partial charge in [-0.05, 0) is 31.2 Å². The van der Waals surface area contributed by atoms with E-state index in [4.69, 9.17) is 21.0 Å². The maximum Gasteiger partial charge on any atom is 0.123 e. The summed E-state index contributed by atoms with van der Waals surface area (Å²) in [5.41, 5.74) is 7.22. The molecule has 0 unspecified atom stereocenters. The van der Waals surface area contributed by atoms with Gasteiger partial charge in [-0.25, -0.2) is 0 Å². The summed E-state index contributed by atoms with van der Waals surface area (Å²) in [4.78, 5) is 2.19. The highest BCUT2D eigenvalue weighted by Gasteiger charge is 2.11. The first kappa shape index (κ1) is 16.5. The number of rotatable bonds is 9. The second-order valence-electron chi connectivity index (χ2n) is 4.79. The molecule has 1 rings (SSSR count). The number of aliphatic hydroxyl groups is 1. The lowest BCUT2D eigenvalue weighted by Gasteiger charge is -2.22. The van der Waals surface area contributed by atoms with E-state index in [1.54, 1.807) is 13.2 Å². The van der Waals surface area contributed by atoms with E-state index < -0.39 is 0 Å². The molecule has 0 heterocycles. The van der Waals surface area contributed by atoms with E-state index in [1.165, 1.54) is 0 Å². The molecule has 0 bridgehead atoms. The molecular weight excluding hydrogens is 254 g/mol. The van der Waals surface area contributed by atoms with Gasteiger partial charge in [-0.2, -0.15) is 0 Å². The van der Waals surface area contributed by atoms with Gasteiger partial charge in [0.15, 0.2) is 0 Å². The zero-order valence-electron chi connectivity index (χ0n) is 12.4. The van der Waals surface area contributed by atoms with E-state index >= 15 is 0 Å². The van der Waals surface area contributed by atoms with Crippen LogP contribution in [0.3, 0.4) is 0 Å². The van der Waals surface area contributed by atoms with Gasteiger partial charge in [-0.3, -0.25) is 10.3 Å². The van der Waals surface area contributed by atoms with E-state index in [0.29, 0.717) is 18.7 Å². The molecule has 0 aliphatic carbocycles. The van der Waals surface area contributed by atoms with Gasteiger partial charge in [0.2, 0.25) is 0 Å². The number of nitrogens with two attached hydrogens (primary N) is 1. The van der Waals surface area contributed by atoms with Crippen LogP contribution < -0.4 is 10.5 Å². The van der Waals surface area contributed by atoms with Crippen LogP contribution in [0, 0.1) is 5.41 Å². The molecule has 1 aromatic rings. The highest BCUT2D eigenvalue weighted by atomic mass is 16.5. The van der Waals surface area contributed by atoms with Crippen LogP contribution in [0.25, 0.3) is 0 Å². The van der Waals surface area contributed by atoms with Crippen molar-refractivity contribution in [1.29, 1.82) is 5.41 Å². The lowest BCUT2D eigenvalue weighted by atomic mass is 10.1. The summed E-state index contributed by atoms with van der Waals surface area (Å²) in [5.74, 6) is 0.839. The number of benzene rings is 1. The van der Waals surface area contributed by atoms with Crippen molar-refractivity contribution in [3.05, 3.63) is 29.3 Å². The number of methoxy groups -OCH3 is 1. The van der Waals surface area contributed by atoms with Crippen LogP contribution in [0.2, 0.25) is 0 Å². The first-order valence-electron chi connectivity index (χ1n) is 6.96. The first-order chi connectivity index (χ1) is 9.62. The van der Waals surface area contributed by atoms with E-state index in [9.17, 15) is 0 Å². The molecular formula is C15H25N3O2. The standard InChI is InChI=1S/C15H25N3O2/c1-3-4-7-18(8-9-19)11-13-10-12(15(16)17)5-6-14(13)20-2/h5-6,10,19H,3-4,7-9,11H2,1-2H3,(H3,16,17). The average Bonchev–Trinajstić information content (AvgIpc) is 2.44. The molecule has 0 atom stereocenters. The summed E-state index contributed by atoms with van der Waals surface area (Å²) in [6.07, 6.45) is 2.21. The molecule has 1 aromatic carbocycles. The van der Waals surface area contributed by atoms with Crippen LogP contribution in [0.4, 0.5) is 0 Å². The van der Waals surface area contributed by atoms with Crippen LogP contribution in [-0.4, -0.2) is 42.6 Å². The van der Waals surface area contributed by atoms with Crippen molar-refractivity contribution in [1.82, 2.24) is 4.90 Å². The summed E-state index contributed by atoms with van der Waals surface area (Å²) in [7, 11) is 1.63. The Morgan fingerprint density at radius 3 is 2.70 bits per heavy atom. The van der Waals surface area contributed by atoms with Crippen LogP contribution in [0.1, 0.15) is 30.9 Å². The molecule has 0 aliphatic heterocycles. The van der Waals surface area contributed by atoms with E-state index in [1.807, 2.05) is 12.1 Å². The Balaban J connectivity index is 2.90. The van der Waals surface area contributed by atoms with Crippen molar-refractivity contribution in [2.45, 2.75) is 26.3 Å². The molecule has 5 heteroatoms. The van der Waals surface area contributed by atoms with Crippen molar-refractivity contribution >= 4 is 5.84 Å². The summed E-state index contributed by atoms with van der Waals surface area (Å²) in [6, 6.07) is 5.51. The lowest BCUT2D eigenvalue weighted by Crippen LogP contribution is -2.28. The van der Waals surface area contributed by atoms with Crippen LogP contribution in [0.15, 0.2) is 18.2 Å². The molecule has 0 amide bonds. The largest absolute Gasteiger partial charge is 0.496 e. The number of ether oxygens (including phenoxy) is 1. The maximum absolute atomic E-state index is 9.16. The number of amidine groups is 1. The predicted octanol–water partition coefficient (Wildman–Crippen LogP) is 1.57. The third kappa shape index (κ3) is 4.83. The van der Waals surface area contributed by atoms with E-state index in [0.717, 1.165) is 30.7 Å². The third-order valence-corrected chi connectivity index (χ3v) is 3.23. The SMILES string of the molecule is CCCCN(CCO)Cc1cc(C(=N)N)ccc1OC. The molecule has 0 spiro atoms. The van der Waals surface area contributed by atoms with Gasteiger partial charge < -0.3 is 15.6 Å². The van der Waals surface area contributed by atoms with Gasteiger partial charge in [-0.1, -0.05) is 13.3 Å². The van der Waals surface area contributed by atoms with Crippen molar-refractivity contribution < 1.29 is 9.84 Å². The van der Waals surface area contributed by atoms with Crippen LogP contribution in [-0.2, 0) is 6.54 Å². The van der Waals surface area contributed by atoms with Crippen LogP contribution in [0.5, 0.6) is 5.75 Å². The minimum Gasteiger partial charge on any atom is -0.496 e. The highest BCUT2D eigenvalue weighted by molar-refractivity contribution is 5.95. The Hall–Kier alpha value is -1.59. The number of nitrogen functional groups attached to an aromatic ring is 1. The Bertz CT molecular complexity index is 435. The predicted molar refractivity (Wildman–Crippen MR) is 81.3 cm³/mol. The molecule has 20 heavy (non-hydrogen) atoms. The fourth-order valence-electron chi connectivity index (χ4n) is 2.10. The normalized spacial score (nSPS) is 10.8. The number of nitrogens with zero attached hydrogens (tertiary/aromatic N) is 1. The molecule has 0 radical (unpaired) electrons. The minimum atomic E-state index is 0.0520. The summed E-state index contributed by atoms with van der Waals surface area (Å²) >= 11 is 0. The molecule has 0 saturated heterocycles. The molecule has 0 fully saturated rings. The second kappa shape index (κ2) is 8.55. The van der Waals surface area contributed by atoms with Gasteiger partial charge in [0.25, 0.3) is 0 Å². The third-order valence-electron chi connectivity index (χ3n) is 3.23. The molecule has 0 aliphatic rings. The van der Waals surface area contributed by atoms with Gasteiger partial charge in [0, 0.05) is 24.2 Å². The monoisotopic (exact) mass is 279 g/mol. The van der Waals surface area contributed by atoms with Gasteiger partial charge in [-0.15, -0.1) is 0 Å². The average molecular weight is 279 g/mol. The fraction of sp³-hybridized carbons (Fsp3) is 0.533. The van der Waals surface area contributed by atoms with Gasteiger partial charge in [0.05, 0.1) is 13.7 Å². The Morgan fingerprint density at radius 1 is 1.40 bits per heavy atom. The van der Waals surface area contributed by atoms with Crippen molar-refractivity contribution in [3.8, 4) is 5.75 Å². The second-order valence-corrected chi connectivity index (χ2v) is 4.79. The van der Waals surface area contributed by atoms with E-state index in [2.05, 4.69) is 11.8 Å². The number of aliphatic hydroxyl groups excluding tert-OH is 1. The number of unbranched alkanes of at least 4 members (excludes halogenated alkanes) is 1. The molecule has 0 aromatic heterocycles. The van der Waals surface area contributed by atoms with Crippen LogP contribution >= 0.6 is 0 Å². The lowest BCUT2D eigenvalue weighted by molar-refractivity contribution is 0.187. The molecule has 5 nitrogen and oxygen atoms in total. The summed E-state index contributed by atoms with van der Waals surface area (Å²) < 4.78 is 5.36.